The zero-order valence-corrected chi connectivity index (χ0v) is 37.7. The van der Waals surface area contributed by atoms with Crippen LogP contribution in [0.5, 0.6) is 0 Å². The molecule has 4 aliphatic carbocycles. The Hall–Kier alpha value is -1.98. The minimum atomic E-state index is -1.55. The van der Waals surface area contributed by atoms with Gasteiger partial charge in [0.25, 0.3) is 0 Å². The molecule has 342 valence electrons. The van der Waals surface area contributed by atoms with E-state index in [1.54, 1.807) is 7.11 Å². The van der Waals surface area contributed by atoms with Crippen LogP contribution in [0.15, 0.2) is 23.3 Å². The van der Waals surface area contributed by atoms with E-state index in [2.05, 4.69) is 67.5 Å². The van der Waals surface area contributed by atoms with Crippen LogP contribution < -0.4 is 0 Å². The standard InChI is InChI=1S/C46H74O14/c1-23(2)13-12-14-24(3)34-31(58-42-38(53)36(51)39(57-26(5)48)32(59-42)22-55-25(4)47)20-46(10)40-30(54-11)19-28-27(44(40,8)17-18-45(34,46)9)15-16-33(43(28,6)7)60-41-37(52)35(50)29(49)21-56-41/h13,19,24,27,29-42,49-53H,12,14-18,20-22H2,1-11H3/t24-,27-,29-,30+,31+,32+,33+,34+,35-,36+,37-,38-,39-,40-,41-,42+,44+,45+,46+/m1/s1. The van der Waals surface area contributed by atoms with Gasteiger partial charge >= 0.3 is 11.9 Å². The van der Waals surface area contributed by atoms with Gasteiger partial charge < -0.3 is 58.7 Å². The maximum atomic E-state index is 12.1. The SMILES string of the molecule is CO[C@H]1C=C2[C@@H](CC[C@H](O[C@H]3OC[C@@H](O)[C@@H](O)[C@H]3O)C2(C)C)[C@]2(C)CC[C@@]3(C)[C@@H]([C@H](C)CCC=C(C)C)[C@@H](O[C@H]4O[C@@H](COC(C)=O)[C@@H](OC(C)=O)[C@@H](O)[C@H]4O)C[C@@]3(C)[C@H]12. The Morgan fingerprint density at radius 1 is 0.883 bits per heavy atom. The van der Waals surface area contributed by atoms with Crippen molar-refractivity contribution in [2.45, 2.75) is 188 Å². The number of esters is 2. The van der Waals surface area contributed by atoms with E-state index in [9.17, 15) is 35.1 Å². The van der Waals surface area contributed by atoms with Gasteiger partial charge in [-0.3, -0.25) is 9.59 Å². The molecular weight excluding hydrogens is 776 g/mol. The van der Waals surface area contributed by atoms with Crippen molar-refractivity contribution < 1.29 is 68.3 Å². The molecule has 2 heterocycles. The Bertz CT molecular complexity index is 1610. The van der Waals surface area contributed by atoms with Crippen LogP contribution in [0.4, 0.5) is 0 Å². The van der Waals surface area contributed by atoms with Gasteiger partial charge in [0.15, 0.2) is 18.7 Å². The number of fused-ring (bicyclic) bond motifs is 5. The summed E-state index contributed by atoms with van der Waals surface area (Å²) < 4.78 is 42.7. The lowest BCUT2D eigenvalue weighted by atomic mass is 9.38. The van der Waals surface area contributed by atoms with Gasteiger partial charge in [0, 0.05) is 32.3 Å². The first-order valence-electron chi connectivity index (χ1n) is 22.2. The molecule has 2 saturated heterocycles. The summed E-state index contributed by atoms with van der Waals surface area (Å²) in [6, 6.07) is 0. The molecule has 0 aromatic rings. The van der Waals surface area contributed by atoms with E-state index in [0.717, 1.165) is 32.1 Å². The third-order valence-corrected chi connectivity index (χ3v) is 16.3. The Morgan fingerprint density at radius 3 is 2.20 bits per heavy atom. The van der Waals surface area contributed by atoms with Crippen LogP contribution in [0.2, 0.25) is 0 Å². The average Bonchev–Trinajstić information content (AvgIpc) is 3.40. The van der Waals surface area contributed by atoms with Crippen LogP contribution in [0.25, 0.3) is 0 Å². The normalized spacial score (nSPS) is 46.5. The van der Waals surface area contributed by atoms with E-state index < -0.39 is 78.8 Å². The summed E-state index contributed by atoms with van der Waals surface area (Å²) in [6.07, 6.45) is -2.17. The Balaban J connectivity index is 1.34. The van der Waals surface area contributed by atoms with Crippen LogP contribution in [-0.4, -0.2) is 131 Å². The highest BCUT2D eigenvalue weighted by Crippen LogP contribution is 2.75. The van der Waals surface area contributed by atoms with E-state index in [1.165, 1.54) is 25.0 Å². The lowest BCUT2D eigenvalue weighted by Crippen LogP contribution is -2.63. The summed E-state index contributed by atoms with van der Waals surface area (Å²) >= 11 is 0. The third kappa shape index (κ3) is 8.41. The summed E-state index contributed by atoms with van der Waals surface area (Å²) in [5, 5.41) is 54.1. The summed E-state index contributed by atoms with van der Waals surface area (Å²) in [5.41, 5.74) is 1.30. The second-order valence-electron chi connectivity index (χ2n) is 20.5. The van der Waals surface area contributed by atoms with Gasteiger partial charge in [-0.2, -0.15) is 0 Å². The summed E-state index contributed by atoms with van der Waals surface area (Å²) in [4.78, 5) is 23.9. The molecule has 0 radical (unpaired) electrons. The molecule has 5 fully saturated rings. The number of carbonyl (C=O) groups excluding carboxylic acids is 2. The van der Waals surface area contributed by atoms with Gasteiger partial charge in [0.1, 0.15) is 43.2 Å². The molecule has 60 heavy (non-hydrogen) atoms. The van der Waals surface area contributed by atoms with Crippen molar-refractivity contribution in [3.05, 3.63) is 23.3 Å². The first-order valence-corrected chi connectivity index (χ1v) is 22.2. The number of rotatable bonds is 12. The van der Waals surface area contributed by atoms with Crippen LogP contribution in [0.3, 0.4) is 0 Å². The van der Waals surface area contributed by atoms with Crippen LogP contribution >= 0.6 is 0 Å². The molecule has 3 saturated carbocycles. The maximum Gasteiger partial charge on any atom is 0.303 e. The number of allylic oxidation sites excluding steroid dienone is 2. The van der Waals surface area contributed by atoms with Crippen molar-refractivity contribution in [2.24, 2.45) is 45.3 Å². The predicted molar refractivity (Wildman–Crippen MR) is 219 cm³/mol. The van der Waals surface area contributed by atoms with Crippen molar-refractivity contribution in [1.82, 2.24) is 0 Å². The number of hydrogen-bond donors (Lipinski definition) is 5. The van der Waals surface area contributed by atoms with E-state index in [4.69, 9.17) is 33.2 Å². The average molecular weight is 851 g/mol. The van der Waals surface area contributed by atoms with Gasteiger partial charge in [-0.15, -0.1) is 0 Å². The monoisotopic (exact) mass is 851 g/mol. The van der Waals surface area contributed by atoms with Crippen LogP contribution in [0, 0.1) is 45.3 Å². The minimum Gasteiger partial charge on any atom is -0.463 e. The highest BCUT2D eigenvalue weighted by molar-refractivity contribution is 5.66. The van der Waals surface area contributed by atoms with E-state index >= 15 is 0 Å². The molecule has 0 bridgehead atoms. The van der Waals surface area contributed by atoms with Crippen molar-refractivity contribution >= 4 is 11.9 Å². The van der Waals surface area contributed by atoms with Gasteiger partial charge in [0.2, 0.25) is 0 Å². The first kappa shape index (κ1) is 47.5. The van der Waals surface area contributed by atoms with Gasteiger partial charge in [0.05, 0.1) is 24.9 Å². The molecule has 0 aromatic carbocycles. The van der Waals surface area contributed by atoms with E-state index in [-0.39, 0.29) is 65.3 Å². The van der Waals surface area contributed by atoms with Crippen LogP contribution in [-0.2, 0) is 42.7 Å². The second-order valence-corrected chi connectivity index (χ2v) is 20.5. The third-order valence-electron chi connectivity index (χ3n) is 16.3. The molecular formula is C46H74O14. The van der Waals surface area contributed by atoms with Crippen molar-refractivity contribution in [1.29, 1.82) is 0 Å². The van der Waals surface area contributed by atoms with Crippen molar-refractivity contribution in [3.63, 3.8) is 0 Å². The number of hydrogen-bond acceptors (Lipinski definition) is 14. The molecule has 0 aromatic heterocycles. The first-order chi connectivity index (χ1) is 28.0. The zero-order valence-electron chi connectivity index (χ0n) is 37.7. The molecule has 14 nitrogen and oxygen atoms in total. The molecule has 5 N–H and O–H groups in total. The van der Waals surface area contributed by atoms with Crippen molar-refractivity contribution in [3.8, 4) is 0 Å². The molecule has 14 heteroatoms. The fourth-order valence-corrected chi connectivity index (χ4v) is 13.1. The van der Waals surface area contributed by atoms with E-state index in [0.29, 0.717) is 12.8 Å². The largest absolute Gasteiger partial charge is 0.463 e. The number of aliphatic hydroxyl groups is 5. The lowest BCUT2D eigenvalue weighted by Gasteiger charge is -2.67. The topological polar surface area (TPSA) is 200 Å². The lowest BCUT2D eigenvalue weighted by molar-refractivity contribution is -0.317. The fraction of sp³-hybridized carbons (Fsp3) is 0.870. The van der Waals surface area contributed by atoms with Crippen LogP contribution in [0.1, 0.15) is 114 Å². The molecule has 19 atom stereocenters. The Morgan fingerprint density at radius 2 is 1.57 bits per heavy atom. The quantitative estimate of drug-likeness (QED) is 0.137. The van der Waals surface area contributed by atoms with Gasteiger partial charge in [-0.1, -0.05) is 64.8 Å². The number of methoxy groups -OCH3 is 1. The molecule has 0 amide bonds. The molecule has 0 unspecified atom stereocenters. The molecule has 6 rings (SSSR count). The van der Waals surface area contributed by atoms with Crippen molar-refractivity contribution in [2.75, 3.05) is 20.3 Å². The van der Waals surface area contributed by atoms with Gasteiger partial charge in [-0.05, 0) is 92.8 Å². The predicted octanol–water partition coefficient (Wildman–Crippen LogP) is 4.36. The molecule has 0 spiro atoms. The second kappa shape index (κ2) is 17.9. The molecule has 6 aliphatic rings. The summed E-state index contributed by atoms with van der Waals surface area (Å²) in [6.45, 7) is 20.1. The number of aliphatic hydroxyl groups excluding tert-OH is 5. The Kier molecular flexibility index (Phi) is 14.2. The number of ether oxygens (including phenoxy) is 7. The summed E-state index contributed by atoms with van der Waals surface area (Å²) in [7, 11) is 1.78. The highest BCUT2D eigenvalue weighted by Gasteiger charge is 2.72. The molecule has 2 aliphatic heterocycles. The van der Waals surface area contributed by atoms with E-state index in [1.807, 2.05) is 0 Å². The number of carbonyl (C=O) groups is 2. The maximum absolute atomic E-state index is 12.1. The smallest absolute Gasteiger partial charge is 0.303 e. The minimum absolute atomic E-state index is 0.0305. The highest BCUT2D eigenvalue weighted by atomic mass is 16.7. The Labute approximate surface area is 356 Å². The summed E-state index contributed by atoms with van der Waals surface area (Å²) in [5.74, 6) is -0.714. The fourth-order valence-electron chi connectivity index (χ4n) is 13.1. The van der Waals surface area contributed by atoms with Gasteiger partial charge in [-0.25, -0.2) is 0 Å². The zero-order chi connectivity index (χ0) is 44.3.